The highest BCUT2D eigenvalue weighted by molar-refractivity contribution is 6.31. The molecule has 1 amide bonds. The Morgan fingerprint density at radius 2 is 1.93 bits per heavy atom. The van der Waals surface area contributed by atoms with Crippen LogP contribution >= 0.6 is 11.6 Å². The Kier molecular flexibility index (Phi) is 6.86. The van der Waals surface area contributed by atoms with Crippen LogP contribution < -0.4 is 0 Å². The van der Waals surface area contributed by atoms with Crippen LogP contribution in [-0.2, 0) is 16.1 Å². The molecular weight excluding hydrogens is 386 g/mol. The minimum atomic E-state index is -0.515. The van der Waals surface area contributed by atoms with Gasteiger partial charge in [0.1, 0.15) is 5.60 Å². The van der Waals surface area contributed by atoms with Crippen LogP contribution in [0, 0.1) is 6.92 Å². The number of halogens is 1. The van der Waals surface area contributed by atoms with Crippen molar-refractivity contribution in [1.82, 2.24) is 4.90 Å². The number of piperidine rings is 1. The van der Waals surface area contributed by atoms with E-state index in [2.05, 4.69) is 31.2 Å². The number of amides is 1. The molecule has 2 atom stereocenters. The summed E-state index contributed by atoms with van der Waals surface area (Å²) in [5.41, 5.74) is 2.91. The summed E-state index contributed by atoms with van der Waals surface area (Å²) in [6, 6.07) is 16.2. The van der Waals surface area contributed by atoms with Gasteiger partial charge in [-0.2, -0.15) is 0 Å². The predicted molar refractivity (Wildman–Crippen MR) is 116 cm³/mol. The second-order valence-corrected chi connectivity index (χ2v) is 9.08. The summed E-state index contributed by atoms with van der Waals surface area (Å²) in [7, 11) is 0. The summed E-state index contributed by atoms with van der Waals surface area (Å²) in [6.45, 7) is 9.31. The van der Waals surface area contributed by atoms with Crippen molar-refractivity contribution >= 4 is 17.7 Å². The van der Waals surface area contributed by atoms with E-state index in [9.17, 15) is 4.79 Å². The van der Waals surface area contributed by atoms with E-state index in [-0.39, 0.29) is 18.1 Å². The molecule has 1 heterocycles. The molecule has 1 saturated heterocycles. The van der Waals surface area contributed by atoms with Gasteiger partial charge >= 0.3 is 6.09 Å². The van der Waals surface area contributed by atoms with E-state index in [1.165, 1.54) is 11.1 Å². The summed E-state index contributed by atoms with van der Waals surface area (Å²) in [5.74, 6) is 0.219. The maximum absolute atomic E-state index is 12.6. The Hall–Kier alpha value is -2.04. The second-order valence-electron chi connectivity index (χ2n) is 8.68. The Bertz CT molecular complexity index is 846. The van der Waals surface area contributed by atoms with Crippen LogP contribution in [0.4, 0.5) is 4.79 Å². The molecule has 2 aromatic carbocycles. The number of nitrogens with zero attached hydrogens (tertiary/aromatic N) is 1. The third-order valence-electron chi connectivity index (χ3n) is 5.09. The molecule has 3 rings (SSSR count). The first-order valence-corrected chi connectivity index (χ1v) is 10.5. The Labute approximate surface area is 178 Å². The van der Waals surface area contributed by atoms with E-state index < -0.39 is 5.60 Å². The number of carbonyl (C=O) groups excluding carboxylic acids is 1. The SMILES string of the molecule is Cc1cccc(C2CCN(C(=O)OC(C)(C)C)CC2OCc2ccccc2Cl)c1. The third-order valence-corrected chi connectivity index (χ3v) is 5.46. The molecule has 0 N–H and O–H groups in total. The van der Waals surface area contributed by atoms with Gasteiger partial charge in [0.25, 0.3) is 0 Å². The van der Waals surface area contributed by atoms with Crippen molar-refractivity contribution in [2.45, 2.75) is 58.3 Å². The molecule has 0 saturated carbocycles. The summed E-state index contributed by atoms with van der Waals surface area (Å²) < 4.78 is 11.9. The summed E-state index contributed by atoms with van der Waals surface area (Å²) in [6.07, 6.45) is 0.413. The van der Waals surface area contributed by atoms with E-state index in [1.807, 2.05) is 45.0 Å². The van der Waals surface area contributed by atoms with Gasteiger partial charge in [-0.15, -0.1) is 0 Å². The van der Waals surface area contributed by atoms with Crippen LogP contribution in [0.1, 0.15) is 49.8 Å². The average molecular weight is 416 g/mol. The lowest BCUT2D eigenvalue weighted by molar-refractivity contribution is -0.0359. The van der Waals surface area contributed by atoms with E-state index in [1.54, 1.807) is 4.90 Å². The number of aryl methyl sites for hydroxylation is 1. The molecule has 0 aliphatic carbocycles. The van der Waals surface area contributed by atoms with Gasteiger partial charge in [-0.1, -0.05) is 59.6 Å². The molecule has 1 aliphatic rings. The third kappa shape index (κ3) is 5.97. The highest BCUT2D eigenvalue weighted by Crippen LogP contribution is 2.32. The molecule has 0 bridgehead atoms. The Morgan fingerprint density at radius 1 is 1.17 bits per heavy atom. The quantitative estimate of drug-likeness (QED) is 0.618. The average Bonchev–Trinajstić information content (AvgIpc) is 2.66. The maximum atomic E-state index is 12.6. The smallest absolute Gasteiger partial charge is 0.410 e. The van der Waals surface area contributed by atoms with Crippen molar-refractivity contribution in [3.63, 3.8) is 0 Å². The molecule has 0 radical (unpaired) electrons. The van der Waals surface area contributed by atoms with Gasteiger partial charge in [0.05, 0.1) is 19.3 Å². The largest absolute Gasteiger partial charge is 0.444 e. The predicted octanol–water partition coefficient (Wildman–Crippen LogP) is 5.96. The first-order chi connectivity index (χ1) is 13.7. The van der Waals surface area contributed by atoms with E-state index in [4.69, 9.17) is 21.1 Å². The number of ether oxygens (including phenoxy) is 2. The van der Waals surface area contributed by atoms with E-state index in [0.717, 1.165) is 12.0 Å². The van der Waals surface area contributed by atoms with Crippen LogP contribution in [0.15, 0.2) is 48.5 Å². The lowest BCUT2D eigenvalue weighted by Crippen LogP contribution is -2.48. The molecular formula is C24H30ClNO3. The fourth-order valence-corrected chi connectivity index (χ4v) is 3.86. The lowest BCUT2D eigenvalue weighted by atomic mass is 9.86. The van der Waals surface area contributed by atoms with Gasteiger partial charge in [-0.05, 0) is 51.3 Å². The number of likely N-dealkylation sites (tertiary alicyclic amines) is 1. The van der Waals surface area contributed by atoms with Crippen LogP contribution in [0.2, 0.25) is 5.02 Å². The van der Waals surface area contributed by atoms with Crippen LogP contribution in [0.25, 0.3) is 0 Å². The Morgan fingerprint density at radius 3 is 2.62 bits per heavy atom. The highest BCUT2D eigenvalue weighted by atomic mass is 35.5. The molecule has 29 heavy (non-hydrogen) atoms. The first kappa shape index (κ1) is 21.7. The van der Waals surface area contributed by atoms with Crippen LogP contribution in [-0.4, -0.2) is 35.8 Å². The molecule has 1 aliphatic heterocycles. The van der Waals surface area contributed by atoms with Crippen molar-refractivity contribution in [2.24, 2.45) is 0 Å². The monoisotopic (exact) mass is 415 g/mol. The molecule has 1 fully saturated rings. The number of carbonyl (C=O) groups is 1. The zero-order valence-corrected chi connectivity index (χ0v) is 18.4. The van der Waals surface area contributed by atoms with E-state index >= 15 is 0 Å². The van der Waals surface area contributed by atoms with Gasteiger partial charge in [0, 0.05) is 17.5 Å². The molecule has 0 spiro atoms. The van der Waals surface area contributed by atoms with Gasteiger partial charge in [0.2, 0.25) is 0 Å². The number of hydrogen-bond acceptors (Lipinski definition) is 3. The zero-order chi connectivity index (χ0) is 21.0. The number of benzene rings is 2. The fourth-order valence-electron chi connectivity index (χ4n) is 3.67. The van der Waals surface area contributed by atoms with Crippen molar-refractivity contribution in [1.29, 1.82) is 0 Å². The van der Waals surface area contributed by atoms with Crippen molar-refractivity contribution in [3.8, 4) is 0 Å². The fraction of sp³-hybridized carbons (Fsp3) is 0.458. The minimum absolute atomic E-state index is 0.130. The molecule has 4 nitrogen and oxygen atoms in total. The minimum Gasteiger partial charge on any atom is -0.444 e. The normalized spacial score (nSPS) is 19.8. The second kappa shape index (κ2) is 9.19. The summed E-state index contributed by atoms with van der Waals surface area (Å²) >= 11 is 6.30. The zero-order valence-electron chi connectivity index (χ0n) is 17.7. The maximum Gasteiger partial charge on any atom is 0.410 e. The first-order valence-electron chi connectivity index (χ1n) is 10.1. The Balaban J connectivity index is 1.77. The molecule has 2 aromatic rings. The van der Waals surface area contributed by atoms with Crippen LogP contribution in [0.5, 0.6) is 0 Å². The molecule has 156 valence electrons. The molecule has 0 aromatic heterocycles. The summed E-state index contributed by atoms with van der Waals surface area (Å²) in [5, 5.41) is 0.694. The number of hydrogen-bond donors (Lipinski definition) is 0. The van der Waals surface area contributed by atoms with Gasteiger partial charge < -0.3 is 14.4 Å². The number of rotatable bonds is 4. The molecule has 5 heteroatoms. The van der Waals surface area contributed by atoms with Gasteiger partial charge in [0.15, 0.2) is 0 Å². The van der Waals surface area contributed by atoms with Gasteiger partial charge in [-0.25, -0.2) is 4.79 Å². The van der Waals surface area contributed by atoms with Crippen molar-refractivity contribution in [3.05, 3.63) is 70.2 Å². The standard InChI is InChI=1S/C24H30ClNO3/c1-17-8-7-10-18(14-17)20-12-13-26(23(27)29-24(2,3)4)15-22(20)28-16-19-9-5-6-11-21(19)25/h5-11,14,20,22H,12-13,15-16H2,1-4H3. The lowest BCUT2D eigenvalue weighted by Gasteiger charge is -2.39. The molecule has 2 unspecified atom stereocenters. The van der Waals surface area contributed by atoms with Gasteiger partial charge in [-0.3, -0.25) is 0 Å². The highest BCUT2D eigenvalue weighted by Gasteiger charge is 2.35. The van der Waals surface area contributed by atoms with E-state index in [0.29, 0.717) is 24.7 Å². The summed E-state index contributed by atoms with van der Waals surface area (Å²) in [4.78, 5) is 14.4. The van der Waals surface area contributed by atoms with Crippen molar-refractivity contribution in [2.75, 3.05) is 13.1 Å². The van der Waals surface area contributed by atoms with Crippen molar-refractivity contribution < 1.29 is 14.3 Å². The van der Waals surface area contributed by atoms with Crippen LogP contribution in [0.3, 0.4) is 0 Å². The topological polar surface area (TPSA) is 38.8 Å².